The minimum atomic E-state index is -0.904. The molecule has 5 nitrogen and oxygen atoms in total. The van der Waals surface area contributed by atoms with E-state index < -0.39 is 6.10 Å². The van der Waals surface area contributed by atoms with Crippen LogP contribution in [0, 0.1) is 0 Å². The Hall–Kier alpha value is -0.650. The van der Waals surface area contributed by atoms with E-state index in [0.717, 1.165) is 6.42 Å². The minimum absolute atomic E-state index is 0.0256. The van der Waals surface area contributed by atoms with Crippen LogP contribution in [0.15, 0.2) is 0 Å². The Morgan fingerprint density at radius 3 is 2.92 bits per heavy atom. The maximum absolute atomic E-state index is 10.9. The van der Waals surface area contributed by atoms with Gasteiger partial charge in [0.1, 0.15) is 12.7 Å². The summed E-state index contributed by atoms with van der Waals surface area (Å²) in [6.07, 6.45) is 0.405. The summed E-state index contributed by atoms with van der Waals surface area (Å²) >= 11 is 0. The number of hydrogen-bond acceptors (Lipinski definition) is 4. The Labute approximate surface area is 70.5 Å². The number of hydroxylamine groups is 2. The van der Waals surface area contributed by atoms with Crippen molar-refractivity contribution in [2.75, 3.05) is 19.8 Å². The largest absolute Gasteiger partial charge is 0.394 e. The molecule has 0 aromatic carbocycles. The van der Waals surface area contributed by atoms with Crippen LogP contribution in [0.5, 0.6) is 0 Å². The van der Waals surface area contributed by atoms with Gasteiger partial charge in [0.05, 0.1) is 6.61 Å². The summed E-state index contributed by atoms with van der Waals surface area (Å²) in [6.45, 7) is 0.210. The molecule has 0 radical (unpaired) electrons. The van der Waals surface area contributed by atoms with Gasteiger partial charge in [0.25, 0.3) is 0 Å². The molecule has 1 rings (SSSR count). The summed E-state index contributed by atoms with van der Waals surface area (Å²) in [5, 5.41) is 18.6. The van der Waals surface area contributed by atoms with E-state index in [1.807, 2.05) is 0 Å². The predicted molar refractivity (Wildman–Crippen MR) is 40.0 cm³/mol. The van der Waals surface area contributed by atoms with Crippen LogP contribution in [0.3, 0.4) is 0 Å². The molecule has 70 valence electrons. The number of rotatable bonds is 4. The van der Waals surface area contributed by atoms with Crippen molar-refractivity contribution < 1.29 is 19.8 Å². The number of hydrogen-bond donors (Lipinski definition) is 2. The molecule has 1 heterocycles. The second-order valence-corrected chi connectivity index (χ2v) is 2.73. The van der Waals surface area contributed by atoms with Gasteiger partial charge in [0, 0.05) is 13.0 Å². The second kappa shape index (κ2) is 4.39. The number of amides is 1. The van der Waals surface area contributed by atoms with E-state index in [0.29, 0.717) is 13.0 Å². The third kappa shape index (κ3) is 2.44. The van der Waals surface area contributed by atoms with Gasteiger partial charge < -0.3 is 10.2 Å². The van der Waals surface area contributed by atoms with Crippen LogP contribution in [0.2, 0.25) is 0 Å². The van der Waals surface area contributed by atoms with Crippen LogP contribution in [0.1, 0.15) is 12.8 Å². The molecule has 12 heavy (non-hydrogen) atoms. The molecule has 1 atom stereocenters. The molecule has 1 unspecified atom stereocenters. The molecule has 1 aliphatic heterocycles. The molecule has 1 saturated heterocycles. The normalized spacial score (nSPS) is 20.2. The Kier molecular flexibility index (Phi) is 3.46. The van der Waals surface area contributed by atoms with E-state index in [1.54, 1.807) is 0 Å². The molecule has 1 aliphatic rings. The molecule has 0 saturated carbocycles. The summed E-state index contributed by atoms with van der Waals surface area (Å²) in [5.74, 6) is -0.0554. The molecule has 0 aromatic rings. The van der Waals surface area contributed by atoms with E-state index in [4.69, 9.17) is 15.1 Å². The topological polar surface area (TPSA) is 70.0 Å². The molecule has 1 fully saturated rings. The lowest BCUT2D eigenvalue weighted by Crippen LogP contribution is -2.30. The molecule has 0 aliphatic carbocycles. The minimum Gasteiger partial charge on any atom is -0.394 e. The highest BCUT2D eigenvalue weighted by atomic mass is 16.7. The zero-order valence-corrected chi connectivity index (χ0v) is 6.77. The van der Waals surface area contributed by atoms with Crippen molar-refractivity contribution >= 4 is 5.91 Å². The number of carbonyl (C=O) groups is 1. The Morgan fingerprint density at radius 1 is 1.67 bits per heavy atom. The first-order valence-electron chi connectivity index (χ1n) is 3.96. The SMILES string of the molecule is O=C1CCCN1OCC(O)CO. The summed E-state index contributed by atoms with van der Waals surface area (Å²) in [7, 11) is 0. The maximum Gasteiger partial charge on any atom is 0.246 e. The van der Waals surface area contributed by atoms with Crippen LogP contribution < -0.4 is 0 Å². The predicted octanol–water partition coefficient (Wildman–Crippen LogP) is -1.11. The fourth-order valence-corrected chi connectivity index (χ4v) is 0.989. The number of carbonyl (C=O) groups excluding carboxylic acids is 1. The van der Waals surface area contributed by atoms with Crippen molar-refractivity contribution in [2.45, 2.75) is 18.9 Å². The third-order valence-electron chi connectivity index (χ3n) is 1.66. The van der Waals surface area contributed by atoms with Crippen LogP contribution in [0.25, 0.3) is 0 Å². The fourth-order valence-electron chi connectivity index (χ4n) is 0.989. The van der Waals surface area contributed by atoms with Crippen molar-refractivity contribution in [2.24, 2.45) is 0 Å². The van der Waals surface area contributed by atoms with E-state index in [2.05, 4.69) is 0 Å². The lowest BCUT2D eigenvalue weighted by molar-refractivity contribution is -0.188. The zero-order chi connectivity index (χ0) is 8.97. The first-order chi connectivity index (χ1) is 5.74. The summed E-state index contributed by atoms with van der Waals surface area (Å²) in [5.41, 5.74) is 0. The summed E-state index contributed by atoms with van der Waals surface area (Å²) in [6, 6.07) is 0. The smallest absolute Gasteiger partial charge is 0.246 e. The molecule has 0 bridgehead atoms. The fraction of sp³-hybridized carbons (Fsp3) is 0.857. The molecule has 0 aromatic heterocycles. The Morgan fingerprint density at radius 2 is 2.42 bits per heavy atom. The molecule has 1 amide bonds. The average molecular weight is 175 g/mol. The number of nitrogens with zero attached hydrogens (tertiary/aromatic N) is 1. The quantitative estimate of drug-likeness (QED) is 0.568. The number of aliphatic hydroxyl groups is 2. The standard InChI is InChI=1S/C7H13NO4/c9-4-6(10)5-12-8-3-1-2-7(8)11/h6,9-10H,1-5H2. The highest BCUT2D eigenvalue weighted by molar-refractivity contribution is 5.76. The molecular formula is C7H13NO4. The molecule has 5 heteroatoms. The average Bonchev–Trinajstić information content (AvgIpc) is 2.47. The Bertz CT molecular complexity index is 161. The van der Waals surface area contributed by atoms with Crippen molar-refractivity contribution in [3.05, 3.63) is 0 Å². The maximum atomic E-state index is 10.9. The van der Waals surface area contributed by atoms with E-state index in [-0.39, 0.29) is 19.1 Å². The number of aliphatic hydroxyl groups excluding tert-OH is 2. The van der Waals surface area contributed by atoms with Crippen LogP contribution in [-0.4, -0.2) is 47.0 Å². The van der Waals surface area contributed by atoms with Crippen molar-refractivity contribution in [3.8, 4) is 0 Å². The van der Waals surface area contributed by atoms with Crippen molar-refractivity contribution in [1.29, 1.82) is 0 Å². The summed E-state index contributed by atoms with van der Waals surface area (Å²) in [4.78, 5) is 15.9. The molecule has 2 N–H and O–H groups in total. The monoisotopic (exact) mass is 175 g/mol. The van der Waals surface area contributed by atoms with Crippen LogP contribution >= 0.6 is 0 Å². The Balaban J connectivity index is 2.18. The van der Waals surface area contributed by atoms with Gasteiger partial charge in [0.15, 0.2) is 0 Å². The lowest BCUT2D eigenvalue weighted by atomic mass is 10.4. The molecular weight excluding hydrogens is 162 g/mol. The van der Waals surface area contributed by atoms with Gasteiger partial charge in [-0.05, 0) is 6.42 Å². The van der Waals surface area contributed by atoms with Gasteiger partial charge in [-0.25, -0.2) is 5.06 Å². The van der Waals surface area contributed by atoms with Gasteiger partial charge >= 0.3 is 0 Å². The van der Waals surface area contributed by atoms with E-state index >= 15 is 0 Å². The summed E-state index contributed by atoms with van der Waals surface area (Å²) < 4.78 is 0. The van der Waals surface area contributed by atoms with Crippen molar-refractivity contribution in [1.82, 2.24) is 5.06 Å². The lowest BCUT2D eigenvalue weighted by Gasteiger charge is -2.16. The van der Waals surface area contributed by atoms with Gasteiger partial charge in [0.2, 0.25) is 5.91 Å². The first-order valence-corrected chi connectivity index (χ1v) is 3.96. The first kappa shape index (κ1) is 9.44. The zero-order valence-electron chi connectivity index (χ0n) is 6.77. The van der Waals surface area contributed by atoms with E-state index in [9.17, 15) is 4.79 Å². The second-order valence-electron chi connectivity index (χ2n) is 2.73. The van der Waals surface area contributed by atoms with Gasteiger partial charge in [-0.1, -0.05) is 0 Å². The van der Waals surface area contributed by atoms with Crippen molar-refractivity contribution in [3.63, 3.8) is 0 Å². The van der Waals surface area contributed by atoms with Crippen LogP contribution in [-0.2, 0) is 9.63 Å². The third-order valence-corrected chi connectivity index (χ3v) is 1.66. The van der Waals surface area contributed by atoms with E-state index in [1.165, 1.54) is 5.06 Å². The van der Waals surface area contributed by atoms with Gasteiger partial charge in [-0.2, -0.15) is 0 Å². The highest BCUT2D eigenvalue weighted by Crippen LogP contribution is 2.09. The van der Waals surface area contributed by atoms with Gasteiger partial charge in [-0.15, -0.1) is 0 Å². The highest BCUT2D eigenvalue weighted by Gasteiger charge is 2.21. The molecule has 0 spiro atoms. The van der Waals surface area contributed by atoms with Crippen LogP contribution in [0.4, 0.5) is 0 Å². The van der Waals surface area contributed by atoms with Gasteiger partial charge in [-0.3, -0.25) is 9.63 Å².